The normalized spacial score (nSPS) is 17.9. The van der Waals surface area contributed by atoms with Gasteiger partial charge in [-0.3, -0.25) is 19.8 Å². The molecule has 0 bridgehead atoms. The van der Waals surface area contributed by atoms with E-state index in [0.29, 0.717) is 12.0 Å². The molecule has 4 N–H and O–H groups in total. The summed E-state index contributed by atoms with van der Waals surface area (Å²) in [7, 11) is 0. The van der Waals surface area contributed by atoms with Crippen molar-refractivity contribution in [3.8, 4) is 0 Å². The zero-order valence-corrected chi connectivity index (χ0v) is 26.6. The highest BCUT2D eigenvalue weighted by Crippen LogP contribution is 2.26. The molecule has 2 fully saturated rings. The van der Waals surface area contributed by atoms with Gasteiger partial charge < -0.3 is 25.2 Å². The van der Waals surface area contributed by atoms with E-state index in [9.17, 15) is 52.7 Å². The second-order valence-electron chi connectivity index (χ2n) is 10.3. The zero-order chi connectivity index (χ0) is 41.2. The highest BCUT2D eigenvalue weighted by Gasteiger charge is 2.40. The van der Waals surface area contributed by atoms with Crippen LogP contribution in [0.25, 0.3) is 0 Å². The molecule has 0 unspecified atom stereocenters. The highest BCUT2D eigenvalue weighted by atomic mass is 19.4. The molecule has 4 heterocycles. The standard InChI is InChI=1S/C20H26N4O.4C2HF3O2/c1-2-8-22-19(5-1)15-23-9-6-18-14-24(10-11-25-20(18)16-23)13-17-4-3-7-21-12-17;4*3-2(4,5)1(6)7/h1-5,7-8,12,18,20H,6,9-11,13-16H2;4*(H,6,7)/t18-,20-;;;;/m1..../s1. The van der Waals surface area contributed by atoms with E-state index in [4.69, 9.17) is 44.3 Å². The molecule has 0 spiro atoms. The van der Waals surface area contributed by atoms with Crippen molar-refractivity contribution in [3.05, 3.63) is 60.2 Å². The van der Waals surface area contributed by atoms with Crippen LogP contribution in [0.4, 0.5) is 52.7 Å². The lowest BCUT2D eigenvalue weighted by atomic mass is 9.93. The topological polar surface area (TPSA) is 191 Å². The van der Waals surface area contributed by atoms with Gasteiger partial charge in [-0.1, -0.05) is 12.1 Å². The van der Waals surface area contributed by atoms with Crippen molar-refractivity contribution in [1.82, 2.24) is 19.8 Å². The number of piperidine rings is 1. The lowest BCUT2D eigenvalue weighted by Crippen LogP contribution is -2.46. The van der Waals surface area contributed by atoms with E-state index in [2.05, 4.69) is 38.0 Å². The van der Waals surface area contributed by atoms with Crippen molar-refractivity contribution in [2.75, 3.05) is 32.8 Å². The average Bonchev–Trinajstić information content (AvgIpc) is 3.23. The molecule has 2 saturated heterocycles. The molecule has 0 amide bonds. The van der Waals surface area contributed by atoms with Gasteiger partial charge in [0.1, 0.15) is 0 Å². The Morgan fingerprint density at radius 3 is 1.53 bits per heavy atom. The van der Waals surface area contributed by atoms with Gasteiger partial charge >= 0.3 is 48.6 Å². The van der Waals surface area contributed by atoms with Gasteiger partial charge in [0, 0.05) is 57.2 Å². The number of likely N-dealkylation sites (tertiary alicyclic amines) is 1. The third-order valence-corrected chi connectivity index (χ3v) is 6.22. The lowest BCUT2D eigenvalue weighted by molar-refractivity contribution is -0.193. The number of fused-ring (bicyclic) bond motifs is 1. The third-order valence-electron chi connectivity index (χ3n) is 6.22. The predicted molar refractivity (Wildman–Crippen MR) is 152 cm³/mol. The first-order valence-corrected chi connectivity index (χ1v) is 14.2. The smallest absolute Gasteiger partial charge is 0.475 e. The predicted octanol–water partition coefficient (Wildman–Crippen LogP) is 4.73. The van der Waals surface area contributed by atoms with Crippen LogP contribution in [0.5, 0.6) is 0 Å². The minimum absolute atomic E-state index is 0.344. The van der Waals surface area contributed by atoms with Gasteiger partial charge in [-0.2, -0.15) is 52.7 Å². The minimum Gasteiger partial charge on any atom is -0.475 e. The van der Waals surface area contributed by atoms with Crippen molar-refractivity contribution in [2.24, 2.45) is 5.92 Å². The maximum absolute atomic E-state index is 10.6. The summed E-state index contributed by atoms with van der Waals surface area (Å²) in [4.78, 5) is 49.3. The number of ether oxygens (including phenoxy) is 1. The molecule has 0 radical (unpaired) electrons. The fourth-order valence-electron chi connectivity index (χ4n) is 3.94. The first-order chi connectivity index (χ1) is 24.1. The third kappa shape index (κ3) is 22.0. The first-order valence-electron chi connectivity index (χ1n) is 14.2. The van der Waals surface area contributed by atoms with Crippen LogP contribution in [0, 0.1) is 5.92 Å². The minimum atomic E-state index is -5.08. The van der Waals surface area contributed by atoms with E-state index in [1.165, 1.54) is 12.0 Å². The number of aliphatic carboxylic acids is 4. The Balaban J connectivity index is 0.000000791. The van der Waals surface area contributed by atoms with Crippen molar-refractivity contribution < 1.29 is 97.0 Å². The Morgan fingerprint density at radius 1 is 0.660 bits per heavy atom. The van der Waals surface area contributed by atoms with Crippen molar-refractivity contribution in [2.45, 2.75) is 50.3 Å². The van der Waals surface area contributed by atoms with E-state index in [1.54, 1.807) is 0 Å². The number of carbonyl (C=O) groups is 4. The van der Waals surface area contributed by atoms with Gasteiger partial charge in [-0.05, 0) is 36.7 Å². The molecule has 4 rings (SSSR count). The van der Waals surface area contributed by atoms with Gasteiger partial charge in [0.2, 0.25) is 0 Å². The molecule has 25 heteroatoms. The van der Waals surface area contributed by atoms with Gasteiger partial charge in [-0.25, -0.2) is 19.2 Å². The highest BCUT2D eigenvalue weighted by molar-refractivity contribution is 5.74. The van der Waals surface area contributed by atoms with E-state index in [1.807, 2.05) is 30.7 Å². The van der Waals surface area contributed by atoms with E-state index in [0.717, 1.165) is 51.6 Å². The molecule has 2 aromatic heterocycles. The van der Waals surface area contributed by atoms with Crippen LogP contribution in [-0.2, 0) is 37.0 Å². The summed E-state index contributed by atoms with van der Waals surface area (Å²) in [6.07, 6.45) is -13.1. The molecule has 0 saturated carbocycles. The first kappa shape index (κ1) is 48.2. The van der Waals surface area contributed by atoms with Crippen LogP contribution in [0.15, 0.2) is 48.9 Å². The average molecular weight is 795 g/mol. The van der Waals surface area contributed by atoms with Crippen molar-refractivity contribution in [1.29, 1.82) is 0 Å². The Hall–Kier alpha value is -4.78. The molecular formula is C28H30F12N4O9. The second-order valence-corrected chi connectivity index (χ2v) is 10.3. The van der Waals surface area contributed by atoms with Crippen LogP contribution in [0.3, 0.4) is 0 Å². The number of pyridine rings is 2. The number of carboxylic acid groups (broad SMARTS) is 4. The number of hydrogen-bond donors (Lipinski definition) is 4. The van der Waals surface area contributed by atoms with E-state index in [-0.39, 0.29) is 0 Å². The SMILES string of the molecule is O=C(O)C(F)(F)F.O=C(O)C(F)(F)F.O=C(O)C(F)(F)F.O=C(O)C(F)(F)F.c1ccc(CN2CC[C@@H]3CN(Cc4cccnc4)CCO[C@@H]3C2)nc1. The Labute approximate surface area is 290 Å². The van der Waals surface area contributed by atoms with Crippen molar-refractivity contribution >= 4 is 23.9 Å². The Bertz CT molecular complexity index is 1320. The summed E-state index contributed by atoms with van der Waals surface area (Å²) in [5.74, 6) is -10.4. The number of rotatable bonds is 4. The fourth-order valence-corrected chi connectivity index (χ4v) is 3.94. The molecule has 53 heavy (non-hydrogen) atoms. The molecule has 2 aliphatic heterocycles. The maximum atomic E-state index is 10.6. The number of halogens is 12. The van der Waals surface area contributed by atoms with Crippen LogP contribution in [-0.4, -0.2) is 128 Å². The quantitative estimate of drug-likeness (QED) is 0.311. The largest absolute Gasteiger partial charge is 0.490 e. The Morgan fingerprint density at radius 2 is 1.13 bits per heavy atom. The van der Waals surface area contributed by atoms with E-state index >= 15 is 0 Å². The van der Waals surface area contributed by atoms with Crippen molar-refractivity contribution in [3.63, 3.8) is 0 Å². The summed E-state index contributed by atoms with van der Waals surface area (Å²) in [6, 6.07) is 10.3. The number of alkyl halides is 12. The summed E-state index contributed by atoms with van der Waals surface area (Å²) < 4.78 is 133. The molecule has 2 aromatic rings. The lowest BCUT2D eigenvalue weighted by Gasteiger charge is -2.37. The molecular weight excluding hydrogens is 764 g/mol. The monoisotopic (exact) mass is 794 g/mol. The molecule has 2 aliphatic rings. The summed E-state index contributed by atoms with van der Waals surface area (Å²) in [6.45, 7) is 6.98. The fraction of sp³-hybridized carbons (Fsp3) is 0.500. The molecule has 2 atom stereocenters. The molecule has 0 aliphatic carbocycles. The maximum Gasteiger partial charge on any atom is 0.490 e. The number of hydrogen-bond acceptors (Lipinski definition) is 9. The molecule has 300 valence electrons. The summed E-state index contributed by atoms with van der Waals surface area (Å²) in [5.41, 5.74) is 2.43. The second kappa shape index (κ2) is 21.7. The number of aromatic nitrogens is 2. The zero-order valence-electron chi connectivity index (χ0n) is 26.6. The van der Waals surface area contributed by atoms with Crippen LogP contribution >= 0.6 is 0 Å². The van der Waals surface area contributed by atoms with Gasteiger partial charge in [0.05, 0.1) is 18.4 Å². The Kier molecular flexibility index (Phi) is 19.7. The molecule has 13 nitrogen and oxygen atoms in total. The van der Waals surface area contributed by atoms with Gasteiger partial charge in [-0.15, -0.1) is 0 Å². The van der Waals surface area contributed by atoms with Crippen LogP contribution in [0.2, 0.25) is 0 Å². The van der Waals surface area contributed by atoms with Gasteiger partial charge in [0.15, 0.2) is 0 Å². The number of carboxylic acids is 4. The van der Waals surface area contributed by atoms with Crippen LogP contribution < -0.4 is 0 Å². The summed E-state index contributed by atoms with van der Waals surface area (Å²) in [5, 5.41) is 28.5. The van der Waals surface area contributed by atoms with Crippen LogP contribution in [0.1, 0.15) is 17.7 Å². The molecule has 0 aromatic carbocycles. The summed E-state index contributed by atoms with van der Waals surface area (Å²) >= 11 is 0. The van der Waals surface area contributed by atoms with E-state index < -0.39 is 48.6 Å². The number of nitrogens with zero attached hydrogens (tertiary/aromatic N) is 4. The van der Waals surface area contributed by atoms with Gasteiger partial charge in [0.25, 0.3) is 0 Å².